The topological polar surface area (TPSA) is 59.8 Å². The normalized spacial score (nSPS) is 10.7. The first-order chi connectivity index (χ1) is 12.5. The molecule has 6 heteroatoms. The molecule has 1 N–H and O–H groups in total. The Balaban J connectivity index is 1.59. The van der Waals surface area contributed by atoms with Crippen LogP contribution in [0, 0.1) is 6.92 Å². The van der Waals surface area contributed by atoms with Crippen LogP contribution in [0.2, 0.25) is 5.02 Å². The molecule has 0 radical (unpaired) electrons. The molecule has 1 amide bonds. The van der Waals surface area contributed by atoms with Crippen molar-refractivity contribution in [2.24, 2.45) is 7.05 Å². The zero-order valence-corrected chi connectivity index (χ0v) is 15.6. The molecule has 0 aliphatic rings. The Morgan fingerprint density at radius 3 is 2.88 bits per heavy atom. The summed E-state index contributed by atoms with van der Waals surface area (Å²) < 4.78 is 1.74. The fraction of sp³-hybridized carbons (Fsp3) is 0.250. The first-order valence-electron chi connectivity index (χ1n) is 8.47. The van der Waals surface area contributed by atoms with Gasteiger partial charge in [-0.25, -0.2) is 0 Å². The first kappa shape index (κ1) is 18.1. The molecule has 26 heavy (non-hydrogen) atoms. The molecule has 3 rings (SSSR count). The third-order valence-corrected chi connectivity index (χ3v) is 4.63. The van der Waals surface area contributed by atoms with E-state index in [1.807, 2.05) is 50.5 Å². The number of benzene rings is 1. The van der Waals surface area contributed by atoms with Crippen molar-refractivity contribution in [1.82, 2.24) is 20.1 Å². The lowest BCUT2D eigenvalue weighted by Gasteiger charge is -2.09. The molecule has 0 saturated heterocycles. The molecule has 2 heterocycles. The maximum Gasteiger partial charge on any atom is 0.220 e. The number of nitrogens with zero attached hydrogens (tertiary/aromatic N) is 3. The molecule has 2 aromatic heterocycles. The number of nitrogens with one attached hydrogen (secondary N) is 1. The smallest absolute Gasteiger partial charge is 0.220 e. The second kappa shape index (κ2) is 8.15. The average molecular weight is 369 g/mol. The van der Waals surface area contributed by atoms with Crippen LogP contribution in [-0.4, -0.2) is 20.7 Å². The standard InChI is InChI=1S/C20H21ClN4O/c1-14-10-15(5-7-18(14)21)6-8-19(26)23-11-16-4-3-9-22-20(16)17-12-24-25(2)13-17/h3-5,7,9-10,12-13H,6,8,11H2,1-2H3,(H,23,26). The van der Waals surface area contributed by atoms with Crippen LogP contribution >= 0.6 is 11.6 Å². The maximum absolute atomic E-state index is 12.2. The minimum Gasteiger partial charge on any atom is -0.352 e. The molecule has 5 nitrogen and oxygen atoms in total. The fourth-order valence-corrected chi connectivity index (χ4v) is 2.90. The lowest BCUT2D eigenvalue weighted by molar-refractivity contribution is -0.121. The van der Waals surface area contributed by atoms with Crippen molar-refractivity contribution in [1.29, 1.82) is 0 Å². The molecule has 0 aliphatic carbocycles. The Hall–Kier alpha value is -2.66. The van der Waals surface area contributed by atoms with Crippen LogP contribution in [0.25, 0.3) is 11.3 Å². The lowest BCUT2D eigenvalue weighted by atomic mass is 10.1. The fourth-order valence-electron chi connectivity index (χ4n) is 2.79. The van der Waals surface area contributed by atoms with E-state index in [2.05, 4.69) is 15.4 Å². The number of carbonyl (C=O) groups is 1. The minimum atomic E-state index is 0.0126. The molecule has 134 valence electrons. The molecule has 0 bridgehead atoms. The van der Waals surface area contributed by atoms with Crippen LogP contribution in [0.1, 0.15) is 23.1 Å². The molecular weight excluding hydrogens is 348 g/mol. The van der Waals surface area contributed by atoms with Crippen LogP contribution in [0.5, 0.6) is 0 Å². The second-order valence-corrected chi connectivity index (χ2v) is 6.68. The van der Waals surface area contributed by atoms with Crippen LogP contribution in [0.4, 0.5) is 0 Å². The zero-order valence-electron chi connectivity index (χ0n) is 14.9. The second-order valence-electron chi connectivity index (χ2n) is 6.27. The predicted octanol–water partition coefficient (Wildman–Crippen LogP) is 3.69. The predicted molar refractivity (Wildman–Crippen MR) is 103 cm³/mol. The quantitative estimate of drug-likeness (QED) is 0.721. The van der Waals surface area contributed by atoms with E-state index in [-0.39, 0.29) is 5.91 Å². The van der Waals surface area contributed by atoms with Gasteiger partial charge in [0.05, 0.1) is 11.9 Å². The Bertz CT molecular complexity index is 920. The molecule has 0 aliphatic heterocycles. The van der Waals surface area contributed by atoms with Crippen LogP contribution in [0.15, 0.2) is 48.9 Å². The SMILES string of the molecule is Cc1cc(CCC(=O)NCc2cccnc2-c2cnn(C)c2)ccc1Cl. The van der Waals surface area contributed by atoms with Crippen molar-refractivity contribution in [3.05, 3.63) is 70.6 Å². The van der Waals surface area contributed by atoms with Gasteiger partial charge in [-0.15, -0.1) is 0 Å². The van der Waals surface area contributed by atoms with Gasteiger partial charge in [-0.3, -0.25) is 14.5 Å². The number of rotatable bonds is 6. The summed E-state index contributed by atoms with van der Waals surface area (Å²) in [7, 11) is 1.87. The van der Waals surface area contributed by atoms with E-state index in [0.29, 0.717) is 19.4 Å². The van der Waals surface area contributed by atoms with Gasteiger partial charge in [-0.2, -0.15) is 5.10 Å². The Labute approximate surface area is 158 Å². The van der Waals surface area contributed by atoms with Gasteiger partial charge in [-0.05, 0) is 42.2 Å². The first-order valence-corrected chi connectivity index (χ1v) is 8.85. The van der Waals surface area contributed by atoms with Gasteiger partial charge < -0.3 is 5.32 Å². The number of aryl methyl sites for hydroxylation is 3. The van der Waals surface area contributed by atoms with Crippen molar-refractivity contribution in [3.8, 4) is 11.3 Å². The molecule has 0 atom stereocenters. The van der Waals surface area contributed by atoms with Crippen LogP contribution < -0.4 is 5.32 Å². The number of aromatic nitrogens is 3. The van der Waals surface area contributed by atoms with Gasteiger partial charge in [0.15, 0.2) is 0 Å². The highest BCUT2D eigenvalue weighted by atomic mass is 35.5. The summed E-state index contributed by atoms with van der Waals surface area (Å²) >= 11 is 6.04. The number of hydrogen-bond acceptors (Lipinski definition) is 3. The molecule has 1 aromatic carbocycles. The summed E-state index contributed by atoms with van der Waals surface area (Å²) in [5, 5.41) is 7.91. The van der Waals surface area contributed by atoms with Gasteiger partial charge in [-0.1, -0.05) is 29.8 Å². The van der Waals surface area contributed by atoms with Crippen molar-refractivity contribution in [2.75, 3.05) is 0 Å². The van der Waals surface area contributed by atoms with Crippen molar-refractivity contribution in [3.63, 3.8) is 0 Å². The molecule has 3 aromatic rings. The number of halogens is 1. The highest BCUT2D eigenvalue weighted by molar-refractivity contribution is 6.31. The average Bonchev–Trinajstić information content (AvgIpc) is 3.07. The highest BCUT2D eigenvalue weighted by Gasteiger charge is 2.10. The van der Waals surface area contributed by atoms with Crippen molar-refractivity contribution in [2.45, 2.75) is 26.3 Å². The number of amides is 1. The van der Waals surface area contributed by atoms with Crippen molar-refractivity contribution >= 4 is 17.5 Å². The summed E-state index contributed by atoms with van der Waals surface area (Å²) in [5.41, 5.74) is 4.89. The van der Waals surface area contributed by atoms with Crippen LogP contribution in [-0.2, 0) is 24.8 Å². The van der Waals surface area contributed by atoms with E-state index in [0.717, 1.165) is 33.0 Å². The van der Waals surface area contributed by atoms with Gasteiger partial charge >= 0.3 is 0 Å². The molecule has 0 saturated carbocycles. The number of pyridine rings is 1. The summed E-state index contributed by atoms with van der Waals surface area (Å²) in [6.07, 6.45) is 6.56. The Kier molecular flexibility index (Phi) is 5.68. The van der Waals surface area contributed by atoms with Gasteiger partial charge in [0.25, 0.3) is 0 Å². The molecule has 0 fully saturated rings. The molecule has 0 spiro atoms. The largest absolute Gasteiger partial charge is 0.352 e. The third kappa shape index (κ3) is 4.49. The Morgan fingerprint density at radius 2 is 2.15 bits per heavy atom. The number of hydrogen-bond donors (Lipinski definition) is 1. The lowest BCUT2D eigenvalue weighted by Crippen LogP contribution is -2.23. The minimum absolute atomic E-state index is 0.0126. The molecular formula is C20H21ClN4O. The Morgan fingerprint density at radius 1 is 1.31 bits per heavy atom. The van der Waals surface area contributed by atoms with Crippen LogP contribution in [0.3, 0.4) is 0 Å². The van der Waals surface area contributed by atoms with E-state index < -0.39 is 0 Å². The van der Waals surface area contributed by atoms with Gasteiger partial charge in [0.1, 0.15) is 0 Å². The van der Waals surface area contributed by atoms with Crippen molar-refractivity contribution < 1.29 is 4.79 Å². The number of carbonyl (C=O) groups excluding carboxylic acids is 1. The highest BCUT2D eigenvalue weighted by Crippen LogP contribution is 2.20. The van der Waals surface area contributed by atoms with E-state index in [1.165, 1.54) is 0 Å². The maximum atomic E-state index is 12.2. The summed E-state index contributed by atoms with van der Waals surface area (Å²) in [4.78, 5) is 16.7. The van der Waals surface area contributed by atoms with E-state index in [4.69, 9.17) is 11.6 Å². The monoisotopic (exact) mass is 368 g/mol. The zero-order chi connectivity index (χ0) is 18.5. The van der Waals surface area contributed by atoms with Gasteiger partial charge in [0.2, 0.25) is 5.91 Å². The molecule has 0 unspecified atom stereocenters. The summed E-state index contributed by atoms with van der Waals surface area (Å²) in [5.74, 6) is 0.0126. The van der Waals surface area contributed by atoms with E-state index in [9.17, 15) is 4.79 Å². The van der Waals surface area contributed by atoms with Gasteiger partial charge in [0, 0.05) is 43.0 Å². The summed E-state index contributed by atoms with van der Waals surface area (Å²) in [6, 6.07) is 9.71. The third-order valence-electron chi connectivity index (χ3n) is 4.21. The van der Waals surface area contributed by atoms with E-state index in [1.54, 1.807) is 17.1 Å². The van der Waals surface area contributed by atoms with E-state index >= 15 is 0 Å². The summed E-state index contributed by atoms with van der Waals surface area (Å²) in [6.45, 7) is 2.41.